The van der Waals surface area contributed by atoms with Gasteiger partial charge in [-0.1, -0.05) is 19.1 Å². The fraction of sp³-hybridized carbons (Fsp3) is 0.286. The van der Waals surface area contributed by atoms with Crippen LogP contribution in [-0.4, -0.2) is 30.5 Å². The highest BCUT2D eigenvalue weighted by Crippen LogP contribution is 2.28. The summed E-state index contributed by atoms with van der Waals surface area (Å²) < 4.78 is 11.9. The van der Waals surface area contributed by atoms with Crippen molar-refractivity contribution in [3.8, 4) is 11.5 Å². The number of carbonyl (C=O) groups excluding carboxylic acids is 2. The monoisotopic (exact) mass is 413 g/mol. The first kappa shape index (κ1) is 20.6. The standard InChI is InChI=1S/C21H23N3O4S/c1-3-12-28-16-9-8-14(13-17(16)27-2)21(26)24-23-19(25)10-11-20-22-15-6-4-5-7-18(15)29-20/h4-9,13H,3,10-12H2,1-2H3,(H,23,25)(H,24,26). The molecule has 0 aliphatic rings. The number of benzene rings is 2. The van der Waals surface area contributed by atoms with Crippen LogP contribution in [0.1, 0.15) is 35.1 Å². The van der Waals surface area contributed by atoms with E-state index < -0.39 is 5.91 Å². The van der Waals surface area contributed by atoms with Crippen LogP contribution in [0.2, 0.25) is 0 Å². The van der Waals surface area contributed by atoms with E-state index in [2.05, 4.69) is 15.8 Å². The van der Waals surface area contributed by atoms with Crippen molar-refractivity contribution in [1.29, 1.82) is 0 Å². The number of hydrogen-bond acceptors (Lipinski definition) is 6. The van der Waals surface area contributed by atoms with Crippen molar-refractivity contribution in [2.24, 2.45) is 0 Å². The number of rotatable bonds is 8. The Balaban J connectivity index is 1.51. The number of aryl methyl sites for hydroxylation is 1. The van der Waals surface area contributed by atoms with E-state index in [1.54, 1.807) is 29.5 Å². The number of aromatic nitrogens is 1. The lowest BCUT2D eigenvalue weighted by Gasteiger charge is -2.12. The molecule has 1 aromatic heterocycles. The molecule has 0 aliphatic carbocycles. The highest BCUT2D eigenvalue weighted by molar-refractivity contribution is 7.18. The molecular formula is C21H23N3O4S. The van der Waals surface area contributed by atoms with Gasteiger partial charge in [0.2, 0.25) is 5.91 Å². The van der Waals surface area contributed by atoms with E-state index in [-0.39, 0.29) is 12.3 Å². The first-order valence-electron chi connectivity index (χ1n) is 9.35. The van der Waals surface area contributed by atoms with Gasteiger partial charge in [-0.15, -0.1) is 11.3 Å². The molecule has 8 heteroatoms. The molecule has 152 valence electrons. The molecule has 29 heavy (non-hydrogen) atoms. The summed E-state index contributed by atoms with van der Waals surface area (Å²) in [7, 11) is 1.51. The van der Waals surface area contributed by atoms with Gasteiger partial charge in [0.1, 0.15) is 0 Å². The lowest BCUT2D eigenvalue weighted by atomic mass is 10.2. The number of nitrogens with zero attached hydrogens (tertiary/aromatic N) is 1. The molecule has 0 saturated carbocycles. The number of hydrazine groups is 1. The third-order valence-electron chi connectivity index (χ3n) is 4.11. The van der Waals surface area contributed by atoms with Crippen LogP contribution in [0.4, 0.5) is 0 Å². The Bertz CT molecular complexity index is 970. The van der Waals surface area contributed by atoms with Crippen molar-refractivity contribution < 1.29 is 19.1 Å². The second kappa shape index (κ2) is 9.88. The first-order chi connectivity index (χ1) is 14.1. The van der Waals surface area contributed by atoms with Gasteiger partial charge in [0, 0.05) is 18.4 Å². The van der Waals surface area contributed by atoms with Crippen molar-refractivity contribution in [3.63, 3.8) is 0 Å². The maximum atomic E-state index is 12.3. The van der Waals surface area contributed by atoms with Gasteiger partial charge in [-0.2, -0.15) is 0 Å². The number of nitrogens with one attached hydrogen (secondary N) is 2. The third kappa shape index (κ3) is 5.45. The van der Waals surface area contributed by atoms with Gasteiger partial charge in [0.05, 0.1) is 28.9 Å². The Hall–Kier alpha value is -3.13. The number of carbonyl (C=O) groups is 2. The summed E-state index contributed by atoms with van der Waals surface area (Å²) in [4.78, 5) is 28.9. The number of hydrogen-bond donors (Lipinski definition) is 2. The summed E-state index contributed by atoms with van der Waals surface area (Å²) in [6.45, 7) is 2.57. The Kier molecular flexibility index (Phi) is 7.02. The van der Waals surface area contributed by atoms with Crippen LogP contribution in [0.15, 0.2) is 42.5 Å². The second-order valence-corrected chi connectivity index (χ2v) is 7.41. The largest absolute Gasteiger partial charge is 0.493 e. The number of amides is 2. The summed E-state index contributed by atoms with van der Waals surface area (Å²) in [6.07, 6.45) is 1.61. The minimum Gasteiger partial charge on any atom is -0.493 e. The summed E-state index contributed by atoms with van der Waals surface area (Å²) in [6, 6.07) is 12.7. The predicted molar refractivity (Wildman–Crippen MR) is 112 cm³/mol. The van der Waals surface area contributed by atoms with E-state index in [9.17, 15) is 9.59 Å². The zero-order valence-corrected chi connectivity index (χ0v) is 17.2. The van der Waals surface area contributed by atoms with E-state index >= 15 is 0 Å². The molecule has 3 rings (SSSR count). The van der Waals surface area contributed by atoms with Gasteiger partial charge in [0.15, 0.2) is 11.5 Å². The Labute approximate surface area is 173 Å². The van der Waals surface area contributed by atoms with E-state index in [1.807, 2.05) is 31.2 Å². The SMILES string of the molecule is CCCOc1ccc(C(=O)NNC(=O)CCc2nc3ccccc3s2)cc1OC. The number of ether oxygens (including phenoxy) is 2. The number of para-hydroxylation sites is 1. The molecular weight excluding hydrogens is 390 g/mol. The third-order valence-corrected chi connectivity index (χ3v) is 5.20. The van der Waals surface area contributed by atoms with Crippen molar-refractivity contribution in [1.82, 2.24) is 15.8 Å². The fourth-order valence-corrected chi connectivity index (χ4v) is 3.62. The van der Waals surface area contributed by atoms with Crippen molar-refractivity contribution >= 4 is 33.4 Å². The molecule has 7 nitrogen and oxygen atoms in total. The van der Waals surface area contributed by atoms with Crippen LogP contribution in [-0.2, 0) is 11.2 Å². The first-order valence-corrected chi connectivity index (χ1v) is 10.2. The minimum atomic E-state index is -0.432. The zero-order valence-electron chi connectivity index (χ0n) is 16.4. The quantitative estimate of drug-likeness (QED) is 0.552. The van der Waals surface area contributed by atoms with Crippen molar-refractivity contribution in [2.45, 2.75) is 26.2 Å². The molecule has 1 heterocycles. The highest BCUT2D eigenvalue weighted by atomic mass is 32.1. The number of methoxy groups -OCH3 is 1. The maximum Gasteiger partial charge on any atom is 0.269 e. The summed E-state index contributed by atoms with van der Waals surface area (Å²) in [5, 5.41) is 0.889. The summed E-state index contributed by atoms with van der Waals surface area (Å²) in [5.41, 5.74) is 6.15. The van der Waals surface area contributed by atoms with Crippen molar-refractivity contribution in [3.05, 3.63) is 53.0 Å². The smallest absolute Gasteiger partial charge is 0.269 e. The normalized spacial score (nSPS) is 10.6. The molecule has 0 radical (unpaired) electrons. The van der Waals surface area contributed by atoms with Gasteiger partial charge in [-0.3, -0.25) is 20.4 Å². The van der Waals surface area contributed by atoms with E-state index in [4.69, 9.17) is 9.47 Å². The molecule has 0 bridgehead atoms. The average Bonchev–Trinajstić information content (AvgIpc) is 3.17. The molecule has 0 spiro atoms. The van der Waals surface area contributed by atoms with E-state index in [1.165, 1.54) is 7.11 Å². The van der Waals surface area contributed by atoms with Crippen molar-refractivity contribution in [2.75, 3.05) is 13.7 Å². The lowest BCUT2D eigenvalue weighted by molar-refractivity contribution is -0.121. The molecule has 0 fully saturated rings. The molecule has 0 atom stereocenters. The maximum absolute atomic E-state index is 12.3. The van der Waals surface area contributed by atoms with Crippen LogP contribution in [0.5, 0.6) is 11.5 Å². The summed E-state index contributed by atoms with van der Waals surface area (Å²) >= 11 is 1.57. The van der Waals surface area contributed by atoms with E-state index in [0.717, 1.165) is 21.6 Å². The van der Waals surface area contributed by atoms with Crippen LogP contribution >= 0.6 is 11.3 Å². The predicted octanol–water partition coefficient (Wildman–Crippen LogP) is 3.49. The molecule has 2 aromatic carbocycles. The van der Waals surface area contributed by atoms with Gasteiger partial charge in [0.25, 0.3) is 5.91 Å². The molecule has 0 unspecified atom stereocenters. The minimum absolute atomic E-state index is 0.229. The molecule has 0 saturated heterocycles. The van der Waals surface area contributed by atoms with Crippen LogP contribution in [0, 0.1) is 0 Å². The van der Waals surface area contributed by atoms with Crippen LogP contribution in [0.3, 0.4) is 0 Å². The van der Waals surface area contributed by atoms with Crippen LogP contribution < -0.4 is 20.3 Å². The average molecular weight is 413 g/mol. The van der Waals surface area contributed by atoms with Gasteiger partial charge in [-0.25, -0.2) is 4.98 Å². The molecule has 3 aromatic rings. The molecule has 2 N–H and O–H groups in total. The highest BCUT2D eigenvalue weighted by Gasteiger charge is 2.13. The number of fused-ring (bicyclic) bond motifs is 1. The second-order valence-electron chi connectivity index (χ2n) is 6.29. The molecule has 2 amide bonds. The fourth-order valence-electron chi connectivity index (χ4n) is 2.65. The van der Waals surface area contributed by atoms with Gasteiger partial charge >= 0.3 is 0 Å². The summed E-state index contributed by atoms with van der Waals surface area (Å²) in [5.74, 6) is 0.324. The zero-order chi connectivity index (χ0) is 20.6. The Morgan fingerprint density at radius 2 is 1.93 bits per heavy atom. The molecule has 0 aliphatic heterocycles. The Morgan fingerprint density at radius 3 is 2.69 bits per heavy atom. The van der Waals surface area contributed by atoms with Crippen LogP contribution in [0.25, 0.3) is 10.2 Å². The van der Waals surface area contributed by atoms with Gasteiger partial charge in [-0.05, 0) is 36.8 Å². The Morgan fingerprint density at radius 1 is 1.10 bits per heavy atom. The lowest BCUT2D eigenvalue weighted by Crippen LogP contribution is -2.41. The number of thiazole rings is 1. The topological polar surface area (TPSA) is 89.6 Å². The van der Waals surface area contributed by atoms with E-state index in [0.29, 0.717) is 30.1 Å². The van der Waals surface area contributed by atoms with Gasteiger partial charge < -0.3 is 9.47 Å².